The molecule has 0 saturated heterocycles. The van der Waals surface area contributed by atoms with Crippen LogP contribution in [0.3, 0.4) is 0 Å². The molecule has 18 heavy (non-hydrogen) atoms. The van der Waals surface area contributed by atoms with Gasteiger partial charge < -0.3 is 5.32 Å². The zero-order chi connectivity index (χ0) is 14.0. The number of benzene rings is 1. The minimum Gasteiger partial charge on any atom is -0.380 e. The number of nitrogens with one attached hydrogen (secondary N) is 1. The van der Waals surface area contributed by atoms with Crippen LogP contribution in [0.5, 0.6) is 0 Å². The minimum absolute atomic E-state index is 0.380. The van der Waals surface area contributed by atoms with Crippen LogP contribution in [0.2, 0.25) is 0 Å². The van der Waals surface area contributed by atoms with Gasteiger partial charge in [-0.05, 0) is 24.3 Å². The maximum Gasteiger partial charge on any atom is 0.501 e. The number of hydrogen-bond acceptors (Lipinski definition) is 3. The van der Waals surface area contributed by atoms with Gasteiger partial charge in [-0.1, -0.05) is 22.5 Å². The molecule has 1 N–H and O–H groups in total. The van der Waals surface area contributed by atoms with Gasteiger partial charge in [0.25, 0.3) is 9.84 Å². The van der Waals surface area contributed by atoms with Gasteiger partial charge in [-0.15, -0.1) is 0 Å². The van der Waals surface area contributed by atoms with Gasteiger partial charge in [-0.3, -0.25) is 0 Å². The summed E-state index contributed by atoms with van der Waals surface area (Å²) in [6, 6.07) is 4.33. The van der Waals surface area contributed by atoms with Crippen LogP contribution in [0.25, 0.3) is 0 Å². The average molecular weight is 344 g/mol. The van der Waals surface area contributed by atoms with E-state index in [1.807, 2.05) is 0 Å². The van der Waals surface area contributed by atoms with Gasteiger partial charge in [-0.25, -0.2) is 8.42 Å². The van der Waals surface area contributed by atoms with Crippen LogP contribution >= 0.6 is 15.9 Å². The van der Waals surface area contributed by atoms with E-state index in [9.17, 15) is 21.6 Å². The van der Waals surface area contributed by atoms with Crippen LogP contribution in [0.4, 0.5) is 18.9 Å². The Bertz CT molecular complexity index is 537. The molecule has 0 aliphatic carbocycles. The first-order chi connectivity index (χ1) is 8.14. The quantitative estimate of drug-likeness (QED) is 0.912. The summed E-state index contributed by atoms with van der Waals surface area (Å²) in [5.74, 6) is 0. The van der Waals surface area contributed by atoms with E-state index in [1.165, 1.54) is 12.1 Å². The second-order valence-corrected chi connectivity index (χ2v) is 6.41. The van der Waals surface area contributed by atoms with Crippen LogP contribution < -0.4 is 5.32 Å². The average Bonchev–Trinajstić information content (AvgIpc) is 2.25. The molecular weight excluding hydrogens is 335 g/mol. The summed E-state index contributed by atoms with van der Waals surface area (Å²) < 4.78 is 59.5. The van der Waals surface area contributed by atoms with Gasteiger partial charge in [0.15, 0.2) is 0 Å². The second-order valence-electron chi connectivity index (χ2n) is 3.34. The zero-order valence-electron chi connectivity index (χ0n) is 8.96. The van der Waals surface area contributed by atoms with Crippen molar-refractivity contribution in [3.63, 3.8) is 0 Å². The van der Waals surface area contributed by atoms with Crippen LogP contribution in [-0.2, 0) is 9.84 Å². The molecule has 1 aromatic rings. The van der Waals surface area contributed by atoms with E-state index < -0.39 is 20.2 Å². The van der Waals surface area contributed by atoms with Crippen molar-refractivity contribution >= 4 is 31.5 Å². The monoisotopic (exact) mass is 343 g/mol. The maximum absolute atomic E-state index is 12.3. The highest BCUT2D eigenvalue weighted by Gasteiger charge is 2.46. The van der Waals surface area contributed by atoms with E-state index in [0.717, 1.165) is 12.1 Å². The third kappa shape index (κ3) is 3.49. The Balaban J connectivity index is 2.93. The third-order valence-electron chi connectivity index (χ3n) is 1.95. The maximum atomic E-state index is 12.3. The van der Waals surface area contributed by atoms with Crippen molar-refractivity contribution in [3.8, 4) is 0 Å². The van der Waals surface area contributed by atoms with Crippen LogP contribution in [-0.4, -0.2) is 20.5 Å². The van der Waals surface area contributed by atoms with E-state index in [1.54, 1.807) is 0 Å². The highest BCUT2D eigenvalue weighted by Crippen LogP contribution is 2.30. The molecule has 0 saturated carbocycles. The molecule has 1 aromatic carbocycles. The number of hydrogen-bond donors (Lipinski definition) is 1. The Morgan fingerprint density at radius 2 is 1.78 bits per heavy atom. The fourth-order valence-corrected chi connectivity index (χ4v) is 1.99. The Morgan fingerprint density at radius 1 is 1.28 bits per heavy atom. The molecule has 0 fully saturated rings. The second kappa shape index (κ2) is 5.31. The number of anilines is 1. The first-order valence-electron chi connectivity index (χ1n) is 4.63. The smallest absolute Gasteiger partial charge is 0.380 e. The van der Waals surface area contributed by atoms with Gasteiger partial charge in [0.05, 0.1) is 4.90 Å². The molecule has 0 aliphatic heterocycles. The van der Waals surface area contributed by atoms with Crippen molar-refractivity contribution in [2.24, 2.45) is 0 Å². The molecule has 0 unspecified atom stereocenters. The highest BCUT2D eigenvalue weighted by atomic mass is 79.9. The Morgan fingerprint density at radius 3 is 2.17 bits per heavy atom. The number of alkyl halides is 3. The molecule has 0 radical (unpaired) electrons. The largest absolute Gasteiger partial charge is 0.501 e. The van der Waals surface area contributed by atoms with Crippen LogP contribution in [0.15, 0.2) is 40.2 Å². The Hall–Kier alpha value is -1.02. The van der Waals surface area contributed by atoms with Gasteiger partial charge in [-0.2, -0.15) is 13.2 Å². The van der Waals surface area contributed by atoms with Gasteiger partial charge in [0, 0.05) is 16.7 Å². The normalized spacial score (nSPS) is 12.2. The van der Waals surface area contributed by atoms with Crippen molar-refractivity contribution in [2.45, 2.75) is 10.4 Å². The molecule has 100 valence electrons. The molecule has 1 rings (SSSR count). The van der Waals surface area contributed by atoms with E-state index in [0.29, 0.717) is 16.7 Å². The standard InChI is InChI=1S/C10H9BrF3NO2S/c1-7(11)6-15-8-2-4-9(5-3-8)18(16,17)10(12,13)14/h2-5,15H,1,6H2. The highest BCUT2D eigenvalue weighted by molar-refractivity contribution is 9.11. The fraction of sp³-hybridized carbons (Fsp3) is 0.200. The van der Waals surface area contributed by atoms with E-state index in [4.69, 9.17) is 0 Å². The molecule has 8 heteroatoms. The molecule has 0 amide bonds. The Labute approximate surface area is 111 Å². The summed E-state index contributed by atoms with van der Waals surface area (Å²) in [5, 5.41) is 2.84. The molecule has 3 nitrogen and oxygen atoms in total. The van der Waals surface area contributed by atoms with Crippen molar-refractivity contribution in [1.29, 1.82) is 0 Å². The summed E-state index contributed by atoms with van der Waals surface area (Å²) in [7, 11) is -5.28. The van der Waals surface area contributed by atoms with Gasteiger partial charge in [0.2, 0.25) is 0 Å². The third-order valence-corrected chi connectivity index (χ3v) is 3.74. The molecular formula is C10H9BrF3NO2S. The van der Waals surface area contributed by atoms with Crippen molar-refractivity contribution in [2.75, 3.05) is 11.9 Å². The lowest BCUT2D eigenvalue weighted by molar-refractivity contribution is -0.0436. The molecule has 0 bridgehead atoms. The van der Waals surface area contributed by atoms with E-state index in [2.05, 4.69) is 27.8 Å². The molecule has 0 atom stereocenters. The SMILES string of the molecule is C=C(Br)CNc1ccc(S(=O)(=O)C(F)(F)F)cc1. The predicted molar refractivity (Wildman–Crippen MR) is 66.2 cm³/mol. The lowest BCUT2D eigenvalue weighted by Gasteiger charge is -2.09. The fourth-order valence-electron chi connectivity index (χ4n) is 1.08. The summed E-state index contributed by atoms with van der Waals surface area (Å²) in [6.45, 7) is 3.95. The van der Waals surface area contributed by atoms with Gasteiger partial charge >= 0.3 is 5.51 Å². The first kappa shape index (κ1) is 15.0. The zero-order valence-corrected chi connectivity index (χ0v) is 11.4. The molecule has 0 aliphatic rings. The van der Waals surface area contributed by atoms with E-state index in [-0.39, 0.29) is 0 Å². The summed E-state index contributed by atoms with van der Waals surface area (Å²) in [4.78, 5) is -0.779. The van der Waals surface area contributed by atoms with E-state index >= 15 is 0 Å². The van der Waals surface area contributed by atoms with Crippen LogP contribution in [0, 0.1) is 0 Å². The Kier molecular flexibility index (Phi) is 4.44. The molecule has 0 spiro atoms. The molecule has 0 heterocycles. The topological polar surface area (TPSA) is 46.2 Å². The van der Waals surface area contributed by atoms with Gasteiger partial charge in [0.1, 0.15) is 0 Å². The van der Waals surface area contributed by atoms with Crippen molar-refractivity contribution in [1.82, 2.24) is 0 Å². The summed E-state index contributed by atoms with van der Waals surface area (Å²) in [6.07, 6.45) is 0. The van der Waals surface area contributed by atoms with Crippen molar-refractivity contribution in [3.05, 3.63) is 35.3 Å². The minimum atomic E-state index is -5.29. The molecule has 0 aromatic heterocycles. The predicted octanol–water partition coefficient (Wildman–Crippen LogP) is 3.30. The lowest BCUT2D eigenvalue weighted by Crippen LogP contribution is -2.23. The summed E-state index contributed by atoms with van der Waals surface area (Å²) in [5.41, 5.74) is -4.79. The number of sulfone groups is 1. The van der Waals surface area contributed by atoms with Crippen LogP contribution in [0.1, 0.15) is 0 Å². The number of halogens is 4. The van der Waals surface area contributed by atoms with Crippen molar-refractivity contribution < 1.29 is 21.6 Å². The lowest BCUT2D eigenvalue weighted by atomic mass is 10.3. The summed E-state index contributed by atoms with van der Waals surface area (Å²) >= 11 is 3.10. The number of rotatable bonds is 4. The first-order valence-corrected chi connectivity index (χ1v) is 6.91.